The summed E-state index contributed by atoms with van der Waals surface area (Å²) in [6.45, 7) is 6.26. The van der Waals surface area contributed by atoms with Crippen molar-refractivity contribution in [2.24, 2.45) is 0 Å². The minimum Gasteiger partial charge on any atom is -0.371 e. The lowest BCUT2D eigenvalue weighted by Gasteiger charge is -2.38. The molecular weight excluding hydrogens is 672 g/mol. The molecule has 14 nitrogen and oxygen atoms in total. The Morgan fingerprint density at radius 1 is 0.943 bits per heavy atom. The summed E-state index contributed by atoms with van der Waals surface area (Å²) in [4.78, 5) is 60.2. The Labute approximate surface area is 306 Å². The molecule has 0 radical (unpaired) electrons. The molecule has 3 aliphatic rings. The van der Waals surface area contributed by atoms with Gasteiger partial charge in [-0.1, -0.05) is 24.3 Å². The van der Waals surface area contributed by atoms with Crippen LogP contribution in [0.15, 0.2) is 79.1 Å². The van der Waals surface area contributed by atoms with Gasteiger partial charge in [0.2, 0.25) is 5.91 Å². The number of hydrogen-bond donors (Lipinski definition) is 3. The minimum atomic E-state index is -0.365. The molecule has 8 rings (SSSR count). The van der Waals surface area contributed by atoms with E-state index in [4.69, 9.17) is 0 Å². The molecule has 0 saturated carbocycles. The van der Waals surface area contributed by atoms with E-state index in [1.807, 2.05) is 42.0 Å². The van der Waals surface area contributed by atoms with E-state index in [1.165, 1.54) is 11.3 Å². The fourth-order valence-corrected chi connectivity index (χ4v) is 7.55. The van der Waals surface area contributed by atoms with Crippen LogP contribution in [-0.4, -0.2) is 87.3 Å². The summed E-state index contributed by atoms with van der Waals surface area (Å²) >= 11 is 0. The fraction of sp³-hybridized carbons (Fsp3) is 0.333. The van der Waals surface area contributed by atoms with Crippen LogP contribution < -0.4 is 25.8 Å². The molecule has 3 aliphatic heterocycles. The number of aromatic nitrogens is 4. The first-order valence-electron chi connectivity index (χ1n) is 18.1. The summed E-state index contributed by atoms with van der Waals surface area (Å²) in [5.74, 6) is -0.705. The quantitative estimate of drug-likeness (QED) is 0.204. The van der Waals surface area contributed by atoms with E-state index < -0.39 is 0 Å². The average molecular weight is 715 g/mol. The molecule has 1 atom stereocenters. The molecule has 2 saturated heterocycles. The Morgan fingerprint density at radius 3 is 2.43 bits per heavy atom. The third kappa shape index (κ3) is 7.09. The molecule has 3 aromatic heterocycles. The molecule has 5 aromatic rings. The van der Waals surface area contributed by atoms with Crippen molar-refractivity contribution in [1.82, 2.24) is 34.9 Å². The number of pyridine rings is 1. The van der Waals surface area contributed by atoms with Crippen molar-refractivity contribution in [3.8, 4) is 0 Å². The highest BCUT2D eigenvalue weighted by atomic mass is 16.2. The average Bonchev–Trinajstić information content (AvgIpc) is 3.78. The second-order valence-corrected chi connectivity index (χ2v) is 14.2. The summed E-state index contributed by atoms with van der Waals surface area (Å²) in [6.07, 6.45) is 5.88. The molecule has 2 fully saturated rings. The Morgan fingerprint density at radius 2 is 1.68 bits per heavy atom. The van der Waals surface area contributed by atoms with Crippen molar-refractivity contribution in [3.05, 3.63) is 102 Å². The van der Waals surface area contributed by atoms with Gasteiger partial charge in [-0.2, -0.15) is 5.10 Å². The number of nitrogens with zero attached hydrogens (tertiary/aromatic N) is 7. The highest BCUT2D eigenvalue weighted by Gasteiger charge is 2.27. The molecule has 5 amide bonds. The summed E-state index contributed by atoms with van der Waals surface area (Å²) in [5.41, 5.74) is 6.31. The number of anilines is 3. The van der Waals surface area contributed by atoms with Crippen molar-refractivity contribution >= 4 is 51.8 Å². The van der Waals surface area contributed by atoms with Crippen LogP contribution in [0.4, 0.5) is 21.9 Å². The van der Waals surface area contributed by atoms with E-state index in [0.717, 1.165) is 49.1 Å². The number of carbonyl (C=O) groups is 4. The number of nitrogens with one attached hydrogen (secondary N) is 3. The molecule has 6 heterocycles. The number of benzene rings is 2. The topological polar surface area (TPSA) is 150 Å². The summed E-state index contributed by atoms with van der Waals surface area (Å²) in [6, 6.07) is 22.1. The van der Waals surface area contributed by atoms with Crippen LogP contribution in [0.25, 0.3) is 11.0 Å². The zero-order valence-electron chi connectivity index (χ0n) is 29.8. The Bertz CT molecular complexity index is 2180. The summed E-state index contributed by atoms with van der Waals surface area (Å²) in [5, 5.41) is 13.5. The van der Waals surface area contributed by atoms with Gasteiger partial charge >= 0.3 is 6.03 Å². The van der Waals surface area contributed by atoms with Crippen LogP contribution in [0.1, 0.15) is 64.3 Å². The van der Waals surface area contributed by atoms with Crippen molar-refractivity contribution < 1.29 is 19.2 Å². The van der Waals surface area contributed by atoms with Crippen LogP contribution >= 0.6 is 0 Å². The van der Waals surface area contributed by atoms with Gasteiger partial charge in [-0.25, -0.2) is 9.78 Å². The van der Waals surface area contributed by atoms with Crippen LogP contribution in [0.2, 0.25) is 0 Å². The van der Waals surface area contributed by atoms with Gasteiger partial charge in [0.05, 0.1) is 24.5 Å². The number of urea groups is 1. The van der Waals surface area contributed by atoms with Gasteiger partial charge in [-0.15, -0.1) is 0 Å². The maximum atomic E-state index is 13.1. The number of imide groups is 1. The molecule has 0 aliphatic carbocycles. The van der Waals surface area contributed by atoms with Crippen LogP contribution in [0.5, 0.6) is 0 Å². The van der Waals surface area contributed by atoms with Crippen molar-refractivity contribution in [2.75, 3.05) is 48.3 Å². The van der Waals surface area contributed by atoms with E-state index >= 15 is 0 Å². The molecule has 0 spiro atoms. The molecule has 0 bridgehead atoms. The number of piperidine rings is 1. The van der Waals surface area contributed by atoms with Crippen LogP contribution in [0, 0.1) is 0 Å². The van der Waals surface area contributed by atoms with Gasteiger partial charge in [-0.05, 0) is 80.4 Å². The summed E-state index contributed by atoms with van der Waals surface area (Å²) < 4.78 is 3.69. The molecular formula is C39H42N10O4. The molecule has 3 N–H and O–H groups in total. The molecule has 53 heavy (non-hydrogen) atoms. The molecule has 14 heteroatoms. The van der Waals surface area contributed by atoms with Crippen molar-refractivity contribution in [2.45, 2.75) is 51.4 Å². The predicted octanol–water partition coefficient (Wildman–Crippen LogP) is 4.38. The van der Waals surface area contributed by atoms with E-state index in [-0.39, 0.29) is 35.5 Å². The van der Waals surface area contributed by atoms with Gasteiger partial charge in [0.15, 0.2) is 0 Å². The maximum absolute atomic E-state index is 13.1. The van der Waals surface area contributed by atoms with E-state index in [1.54, 1.807) is 21.8 Å². The Balaban J connectivity index is 0.816. The molecule has 0 unspecified atom stereocenters. The lowest BCUT2D eigenvalue weighted by Crippen LogP contribution is -2.49. The standard InChI is InChI=1S/C39H42N10O4/c1-25-20-40-38(52)34-19-28-7-12-33(43-36(28)49(25)34)37(51)42-29-21-41-47(24-29)23-27-3-8-31(9-4-27)46-16-13-30(14-17-46)45(2)22-26-5-10-32(11-6-26)48-18-15-35(50)44-39(48)53/h3-12,19,21,24-25,30H,13-18,20,22-23H2,1-2H3,(H,40,52)(H,42,51)(H,44,50,53)/t25-/m1/s1. The first-order valence-corrected chi connectivity index (χ1v) is 18.1. The summed E-state index contributed by atoms with van der Waals surface area (Å²) in [7, 11) is 2.17. The van der Waals surface area contributed by atoms with Crippen molar-refractivity contribution in [1.29, 1.82) is 0 Å². The van der Waals surface area contributed by atoms with Crippen LogP contribution in [-0.2, 0) is 17.9 Å². The fourth-order valence-electron chi connectivity index (χ4n) is 7.55. The first-order chi connectivity index (χ1) is 25.7. The molecule has 2 aromatic carbocycles. The minimum absolute atomic E-state index is 0.0367. The predicted molar refractivity (Wildman–Crippen MR) is 201 cm³/mol. The zero-order valence-corrected chi connectivity index (χ0v) is 29.8. The van der Waals surface area contributed by atoms with Gasteiger partial charge in [0.25, 0.3) is 11.8 Å². The normalized spacial score (nSPS) is 17.9. The number of hydrogen-bond acceptors (Lipinski definition) is 8. The number of rotatable bonds is 9. The van der Waals surface area contributed by atoms with E-state index in [2.05, 4.69) is 79.3 Å². The lowest BCUT2D eigenvalue weighted by molar-refractivity contribution is -0.120. The number of amides is 5. The van der Waals surface area contributed by atoms with Crippen LogP contribution in [0.3, 0.4) is 0 Å². The highest BCUT2D eigenvalue weighted by molar-refractivity contribution is 6.06. The van der Waals surface area contributed by atoms with Gasteiger partial charge in [0, 0.05) is 68.1 Å². The van der Waals surface area contributed by atoms with Gasteiger partial charge in [0.1, 0.15) is 17.0 Å². The first kappa shape index (κ1) is 34.1. The third-order valence-corrected chi connectivity index (χ3v) is 10.5. The van der Waals surface area contributed by atoms with Crippen molar-refractivity contribution in [3.63, 3.8) is 0 Å². The Kier molecular flexibility index (Phi) is 9.12. The largest absolute Gasteiger partial charge is 0.371 e. The second kappa shape index (κ2) is 14.2. The highest BCUT2D eigenvalue weighted by Crippen LogP contribution is 2.27. The maximum Gasteiger partial charge on any atom is 0.328 e. The van der Waals surface area contributed by atoms with E-state index in [0.29, 0.717) is 49.1 Å². The molecule has 272 valence electrons. The number of fused-ring (bicyclic) bond motifs is 3. The third-order valence-electron chi connectivity index (χ3n) is 10.5. The lowest BCUT2D eigenvalue weighted by atomic mass is 10.0. The monoisotopic (exact) mass is 714 g/mol. The van der Waals surface area contributed by atoms with E-state index in [9.17, 15) is 19.2 Å². The van der Waals surface area contributed by atoms with Gasteiger partial charge in [-0.3, -0.25) is 34.2 Å². The zero-order chi connectivity index (χ0) is 36.6. The van der Waals surface area contributed by atoms with Gasteiger partial charge < -0.3 is 20.1 Å². The SMILES string of the molecule is C[C@@H]1CNC(=O)c2cc3ccc(C(=O)Nc4cnn(Cc5ccc(N6CCC(N(C)Cc7ccc(N8CCC(=O)NC8=O)cc7)CC6)cc5)c4)nc3n21. The number of carbonyl (C=O) groups excluding carboxylic acids is 4. The smallest absolute Gasteiger partial charge is 0.328 e. The second-order valence-electron chi connectivity index (χ2n) is 14.2. The Hall–Kier alpha value is -6.02.